The maximum atomic E-state index is 12.1. The first kappa shape index (κ1) is 22.1. The fourth-order valence-corrected chi connectivity index (χ4v) is 3.79. The van der Waals surface area contributed by atoms with E-state index >= 15 is 0 Å². The summed E-state index contributed by atoms with van der Waals surface area (Å²) in [6.07, 6.45) is 1.38. The molecule has 2 rings (SSSR count). The molecule has 0 aliphatic rings. The topological polar surface area (TPSA) is 93.5 Å². The van der Waals surface area contributed by atoms with Crippen LogP contribution in [0.4, 0.5) is 4.79 Å². The third-order valence-corrected chi connectivity index (χ3v) is 5.16. The summed E-state index contributed by atoms with van der Waals surface area (Å²) in [5.41, 5.74) is 1.05. The Morgan fingerprint density at radius 1 is 1.32 bits per heavy atom. The predicted molar refractivity (Wildman–Crippen MR) is 111 cm³/mol. The van der Waals surface area contributed by atoms with Gasteiger partial charge in [0.15, 0.2) is 5.16 Å². The summed E-state index contributed by atoms with van der Waals surface area (Å²) < 4.78 is 6.86. The number of imidazole rings is 1. The van der Waals surface area contributed by atoms with Crippen LogP contribution in [0, 0.1) is 5.41 Å². The van der Waals surface area contributed by atoms with Crippen LogP contribution in [0.2, 0.25) is 0 Å². The molecule has 1 aromatic carbocycles. The summed E-state index contributed by atoms with van der Waals surface area (Å²) in [5, 5.41) is 13.2. The van der Waals surface area contributed by atoms with Crippen molar-refractivity contribution < 1.29 is 19.4 Å². The van der Waals surface area contributed by atoms with Crippen molar-refractivity contribution in [3.63, 3.8) is 0 Å². The van der Waals surface area contributed by atoms with Crippen LogP contribution in [0.15, 0.2) is 29.4 Å². The zero-order valence-electron chi connectivity index (χ0n) is 16.9. The summed E-state index contributed by atoms with van der Waals surface area (Å²) in [4.78, 5) is 28.3. The van der Waals surface area contributed by atoms with Crippen LogP contribution in [0.1, 0.15) is 46.6 Å². The molecule has 0 fully saturated rings. The van der Waals surface area contributed by atoms with Crippen LogP contribution < -0.4 is 5.32 Å². The van der Waals surface area contributed by atoms with Crippen molar-refractivity contribution in [3.05, 3.63) is 24.3 Å². The molecule has 2 aromatic rings. The molecule has 1 heterocycles. The zero-order chi connectivity index (χ0) is 20.7. The molecule has 7 nitrogen and oxygen atoms in total. The van der Waals surface area contributed by atoms with Crippen LogP contribution in [0.3, 0.4) is 0 Å². The maximum absolute atomic E-state index is 12.1. The largest absolute Gasteiger partial charge is 0.480 e. The van der Waals surface area contributed by atoms with Gasteiger partial charge in [0, 0.05) is 12.3 Å². The third kappa shape index (κ3) is 5.64. The number of carboxylic acid groups (broad SMARTS) is 1. The van der Waals surface area contributed by atoms with Gasteiger partial charge < -0.3 is 19.7 Å². The van der Waals surface area contributed by atoms with E-state index in [9.17, 15) is 14.7 Å². The number of hydrogen-bond donors (Lipinski definition) is 2. The molecular weight excluding hydrogens is 378 g/mol. The number of carboxylic acids is 1. The van der Waals surface area contributed by atoms with Crippen molar-refractivity contribution in [1.29, 1.82) is 0 Å². The first-order chi connectivity index (χ1) is 13.3. The summed E-state index contributed by atoms with van der Waals surface area (Å²) >= 11 is 1.42. The monoisotopic (exact) mass is 407 g/mol. The molecule has 1 aromatic heterocycles. The Kier molecular flexibility index (Phi) is 7.74. The van der Waals surface area contributed by atoms with Crippen LogP contribution in [0.25, 0.3) is 11.0 Å². The number of thioether (sulfide) groups is 1. The average Bonchev–Trinajstić information content (AvgIpc) is 2.96. The van der Waals surface area contributed by atoms with Gasteiger partial charge in [-0.3, -0.25) is 0 Å². The number of nitrogens with zero attached hydrogens (tertiary/aromatic N) is 2. The SMILES string of the molecule is CCCCOC(=O)NCCSc1nc2ccccc2n1C(C(=O)O)C(C)(C)C. The van der Waals surface area contributed by atoms with E-state index in [0.717, 1.165) is 23.9 Å². The van der Waals surface area contributed by atoms with E-state index in [0.29, 0.717) is 24.1 Å². The van der Waals surface area contributed by atoms with Gasteiger partial charge in [0.25, 0.3) is 0 Å². The van der Waals surface area contributed by atoms with Crippen molar-refractivity contribution in [2.24, 2.45) is 5.41 Å². The van der Waals surface area contributed by atoms with Gasteiger partial charge >= 0.3 is 12.1 Å². The molecule has 8 heteroatoms. The number of aliphatic carboxylic acids is 1. The lowest BCUT2D eigenvalue weighted by atomic mass is 9.86. The van der Waals surface area contributed by atoms with Gasteiger partial charge in [0.2, 0.25) is 0 Å². The molecule has 0 aliphatic carbocycles. The molecule has 154 valence electrons. The molecule has 1 unspecified atom stereocenters. The van der Waals surface area contributed by atoms with E-state index in [-0.39, 0.29) is 0 Å². The van der Waals surface area contributed by atoms with Gasteiger partial charge in [-0.05, 0) is 24.0 Å². The van der Waals surface area contributed by atoms with Gasteiger partial charge in [0.05, 0.1) is 17.6 Å². The number of para-hydroxylation sites is 2. The van der Waals surface area contributed by atoms with E-state index in [2.05, 4.69) is 10.3 Å². The minimum atomic E-state index is -0.893. The lowest BCUT2D eigenvalue weighted by Gasteiger charge is -2.29. The number of carbonyl (C=O) groups is 2. The first-order valence-electron chi connectivity index (χ1n) is 9.49. The van der Waals surface area contributed by atoms with E-state index in [1.54, 1.807) is 4.57 Å². The van der Waals surface area contributed by atoms with Crippen molar-refractivity contribution in [2.75, 3.05) is 18.9 Å². The highest BCUT2D eigenvalue weighted by atomic mass is 32.2. The molecule has 0 aliphatic heterocycles. The van der Waals surface area contributed by atoms with Crippen molar-refractivity contribution in [2.45, 2.75) is 51.7 Å². The number of fused-ring (bicyclic) bond motifs is 1. The van der Waals surface area contributed by atoms with E-state index in [1.165, 1.54) is 11.8 Å². The second-order valence-electron chi connectivity index (χ2n) is 7.62. The molecular formula is C20H29N3O4S. The van der Waals surface area contributed by atoms with Crippen molar-refractivity contribution >= 4 is 34.9 Å². The minimum Gasteiger partial charge on any atom is -0.480 e. The van der Waals surface area contributed by atoms with Crippen LogP contribution >= 0.6 is 11.8 Å². The number of nitrogens with one attached hydrogen (secondary N) is 1. The fraction of sp³-hybridized carbons (Fsp3) is 0.550. The predicted octanol–water partition coefficient (Wildman–Crippen LogP) is 4.33. The molecule has 0 bridgehead atoms. The molecule has 1 amide bonds. The number of benzene rings is 1. The second kappa shape index (κ2) is 9.82. The first-order valence-corrected chi connectivity index (χ1v) is 10.5. The number of hydrogen-bond acceptors (Lipinski definition) is 5. The molecule has 0 spiro atoms. The molecule has 1 atom stereocenters. The van der Waals surface area contributed by atoms with Crippen LogP contribution in [-0.2, 0) is 9.53 Å². The van der Waals surface area contributed by atoms with Crippen LogP contribution in [0.5, 0.6) is 0 Å². The number of ether oxygens (including phenoxy) is 1. The molecule has 0 radical (unpaired) electrons. The lowest BCUT2D eigenvalue weighted by molar-refractivity contribution is -0.144. The summed E-state index contributed by atoms with van der Waals surface area (Å²) in [6, 6.07) is 6.77. The highest BCUT2D eigenvalue weighted by Gasteiger charge is 2.35. The Balaban J connectivity index is 2.14. The molecule has 0 saturated heterocycles. The number of alkyl carbamates (subject to hydrolysis) is 1. The highest BCUT2D eigenvalue weighted by Crippen LogP contribution is 2.37. The van der Waals surface area contributed by atoms with Crippen LogP contribution in [-0.4, -0.2) is 45.6 Å². The number of amides is 1. The highest BCUT2D eigenvalue weighted by molar-refractivity contribution is 7.99. The quantitative estimate of drug-likeness (QED) is 0.475. The zero-order valence-corrected chi connectivity index (χ0v) is 17.7. The summed E-state index contributed by atoms with van der Waals surface area (Å²) in [6.45, 7) is 8.57. The fourth-order valence-electron chi connectivity index (χ4n) is 2.90. The molecule has 2 N–H and O–H groups in total. The normalized spacial score (nSPS) is 12.7. The smallest absolute Gasteiger partial charge is 0.407 e. The average molecular weight is 408 g/mol. The number of carbonyl (C=O) groups excluding carboxylic acids is 1. The van der Waals surface area contributed by atoms with E-state index in [4.69, 9.17) is 4.74 Å². The van der Waals surface area contributed by atoms with E-state index < -0.39 is 23.5 Å². The van der Waals surface area contributed by atoms with Gasteiger partial charge in [-0.15, -0.1) is 0 Å². The Morgan fingerprint density at radius 2 is 2.04 bits per heavy atom. The number of aromatic nitrogens is 2. The van der Waals surface area contributed by atoms with Gasteiger partial charge in [-0.2, -0.15) is 0 Å². The summed E-state index contributed by atoms with van der Waals surface area (Å²) in [7, 11) is 0. The molecule has 0 saturated carbocycles. The Morgan fingerprint density at radius 3 is 2.68 bits per heavy atom. The Bertz CT molecular complexity index is 813. The Hall–Kier alpha value is -2.22. The second-order valence-corrected chi connectivity index (χ2v) is 8.69. The lowest BCUT2D eigenvalue weighted by Crippen LogP contribution is -2.32. The maximum Gasteiger partial charge on any atom is 0.407 e. The summed E-state index contributed by atoms with van der Waals surface area (Å²) in [5.74, 6) is -0.335. The van der Waals surface area contributed by atoms with Gasteiger partial charge in [-0.1, -0.05) is 58.0 Å². The Labute approximate surface area is 169 Å². The van der Waals surface area contributed by atoms with Crippen molar-refractivity contribution in [3.8, 4) is 0 Å². The third-order valence-electron chi connectivity index (χ3n) is 4.21. The molecule has 28 heavy (non-hydrogen) atoms. The van der Waals surface area contributed by atoms with Gasteiger partial charge in [-0.25, -0.2) is 14.6 Å². The van der Waals surface area contributed by atoms with Gasteiger partial charge in [0.1, 0.15) is 6.04 Å². The number of rotatable bonds is 9. The minimum absolute atomic E-state index is 0.409. The number of unbranched alkanes of at least 4 members (excludes halogenated alkanes) is 1. The van der Waals surface area contributed by atoms with Crippen molar-refractivity contribution in [1.82, 2.24) is 14.9 Å². The van der Waals surface area contributed by atoms with E-state index in [1.807, 2.05) is 52.0 Å². The standard InChI is InChI=1S/C20H29N3O4S/c1-5-6-12-27-19(26)21-11-13-28-18-22-14-9-7-8-10-15(14)23(18)16(17(24)25)20(2,3)4/h7-10,16H,5-6,11-13H2,1-4H3,(H,21,26)(H,24,25).